The van der Waals surface area contributed by atoms with Crippen LogP contribution in [0.3, 0.4) is 0 Å². The van der Waals surface area contributed by atoms with Crippen molar-refractivity contribution >= 4 is 11.6 Å². The number of alkyl halides is 1. The Labute approximate surface area is 60.0 Å². The average Bonchev–Trinajstić information content (AvgIpc) is 2.25. The molecular formula is C7H11ClO. The Bertz CT molecular complexity index is 126. The molecule has 2 aliphatic carbocycles. The zero-order valence-corrected chi connectivity index (χ0v) is 6.01. The molecule has 2 aliphatic rings. The van der Waals surface area contributed by atoms with Crippen molar-refractivity contribution in [1.82, 2.24) is 0 Å². The highest BCUT2D eigenvalue weighted by molar-refractivity contribution is 6.21. The fourth-order valence-corrected chi connectivity index (χ4v) is 2.73. The third kappa shape index (κ3) is 0.714. The number of aliphatic hydroxyl groups is 1. The minimum atomic E-state index is -0.0775. The average molecular weight is 147 g/mol. The van der Waals surface area contributed by atoms with Gasteiger partial charge in [-0.15, -0.1) is 11.6 Å². The lowest BCUT2D eigenvalue weighted by Crippen LogP contribution is -2.16. The zero-order chi connectivity index (χ0) is 6.43. The van der Waals surface area contributed by atoms with Crippen LogP contribution in [0.4, 0.5) is 0 Å². The van der Waals surface area contributed by atoms with Gasteiger partial charge >= 0.3 is 0 Å². The maximum Gasteiger partial charge on any atom is 0.0585 e. The standard InChI is InChI=1S/C7H11ClO/c8-7-4-1-2-5(7)6(9)3-4/h4-7,9H,1-3H2/t4-,5+,6+,7+/m0/s1. The van der Waals surface area contributed by atoms with Crippen LogP contribution < -0.4 is 0 Å². The molecule has 52 valence electrons. The fraction of sp³-hybridized carbons (Fsp3) is 1.00. The monoisotopic (exact) mass is 146 g/mol. The Kier molecular flexibility index (Phi) is 1.24. The number of fused-ring (bicyclic) bond motifs is 2. The van der Waals surface area contributed by atoms with E-state index in [1.54, 1.807) is 0 Å². The van der Waals surface area contributed by atoms with E-state index in [0.717, 1.165) is 12.8 Å². The topological polar surface area (TPSA) is 20.2 Å². The summed E-state index contributed by atoms with van der Waals surface area (Å²) in [5.41, 5.74) is 0. The van der Waals surface area contributed by atoms with Gasteiger partial charge in [0.15, 0.2) is 0 Å². The molecule has 4 atom stereocenters. The summed E-state index contributed by atoms with van der Waals surface area (Å²) in [4.78, 5) is 0. The molecule has 2 saturated carbocycles. The molecule has 1 N–H and O–H groups in total. The van der Waals surface area contributed by atoms with E-state index < -0.39 is 0 Å². The van der Waals surface area contributed by atoms with Crippen molar-refractivity contribution in [2.75, 3.05) is 0 Å². The SMILES string of the molecule is O[C@@H]1C[C@@H]2CC[C@H]1[C@@H]2Cl. The number of rotatable bonds is 0. The molecule has 0 radical (unpaired) electrons. The summed E-state index contributed by atoms with van der Waals surface area (Å²) in [6, 6.07) is 0. The second-order valence-corrected chi connectivity index (χ2v) is 3.75. The fourth-order valence-electron chi connectivity index (χ4n) is 2.21. The van der Waals surface area contributed by atoms with Crippen LogP contribution in [0.25, 0.3) is 0 Å². The summed E-state index contributed by atoms with van der Waals surface area (Å²) in [5.74, 6) is 1.06. The smallest absolute Gasteiger partial charge is 0.0585 e. The number of halogens is 1. The van der Waals surface area contributed by atoms with Gasteiger partial charge in [0.1, 0.15) is 0 Å². The number of hydrogen-bond donors (Lipinski definition) is 1. The molecule has 0 heterocycles. The van der Waals surface area contributed by atoms with Gasteiger partial charge in [-0.05, 0) is 25.2 Å². The van der Waals surface area contributed by atoms with Gasteiger partial charge in [-0.1, -0.05) is 0 Å². The first kappa shape index (κ1) is 5.99. The van der Waals surface area contributed by atoms with Crippen molar-refractivity contribution in [3.8, 4) is 0 Å². The summed E-state index contributed by atoms with van der Waals surface area (Å²) < 4.78 is 0. The summed E-state index contributed by atoms with van der Waals surface area (Å²) in [6.07, 6.45) is 3.28. The molecule has 0 unspecified atom stereocenters. The van der Waals surface area contributed by atoms with Gasteiger partial charge in [-0.3, -0.25) is 0 Å². The van der Waals surface area contributed by atoms with E-state index in [1.807, 2.05) is 0 Å². The highest BCUT2D eigenvalue weighted by atomic mass is 35.5. The van der Waals surface area contributed by atoms with Crippen LogP contribution in [0, 0.1) is 11.8 Å². The maximum atomic E-state index is 9.31. The predicted octanol–water partition coefficient (Wildman–Crippen LogP) is 1.38. The first-order chi connectivity index (χ1) is 4.29. The molecule has 0 aromatic carbocycles. The van der Waals surface area contributed by atoms with Crippen molar-refractivity contribution in [3.63, 3.8) is 0 Å². The van der Waals surface area contributed by atoms with Crippen LogP contribution in [0.5, 0.6) is 0 Å². The van der Waals surface area contributed by atoms with E-state index in [1.165, 1.54) is 6.42 Å². The normalized spacial score (nSPS) is 56.7. The Morgan fingerprint density at radius 2 is 2.11 bits per heavy atom. The van der Waals surface area contributed by atoms with E-state index in [4.69, 9.17) is 11.6 Å². The van der Waals surface area contributed by atoms with E-state index >= 15 is 0 Å². The highest BCUT2D eigenvalue weighted by Crippen LogP contribution is 2.47. The van der Waals surface area contributed by atoms with E-state index in [-0.39, 0.29) is 6.10 Å². The Morgan fingerprint density at radius 1 is 1.33 bits per heavy atom. The van der Waals surface area contributed by atoms with Gasteiger partial charge in [0, 0.05) is 11.3 Å². The third-order valence-corrected chi connectivity index (χ3v) is 3.45. The van der Waals surface area contributed by atoms with E-state index in [0.29, 0.717) is 17.2 Å². The minimum absolute atomic E-state index is 0.0775. The zero-order valence-electron chi connectivity index (χ0n) is 5.26. The second-order valence-electron chi connectivity index (χ2n) is 3.25. The van der Waals surface area contributed by atoms with E-state index in [2.05, 4.69) is 0 Å². The molecule has 0 aliphatic heterocycles. The summed E-state index contributed by atoms with van der Waals surface area (Å²) in [7, 11) is 0. The van der Waals surface area contributed by atoms with Gasteiger partial charge in [0.25, 0.3) is 0 Å². The molecule has 0 aromatic rings. The van der Waals surface area contributed by atoms with Gasteiger partial charge in [-0.25, -0.2) is 0 Å². The van der Waals surface area contributed by atoms with Crippen molar-refractivity contribution in [1.29, 1.82) is 0 Å². The summed E-state index contributed by atoms with van der Waals surface area (Å²) in [5, 5.41) is 9.60. The van der Waals surface area contributed by atoms with Crippen LogP contribution in [0.2, 0.25) is 0 Å². The summed E-state index contributed by atoms with van der Waals surface area (Å²) >= 11 is 6.01. The van der Waals surface area contributed by atoms with Crippen molar-refractivity contribution in [2.24, 2.45) is 11.8 Å². The van der Waals surface area contributed by atoms with Crippen LogP contribution in [0.15, 0.2) is 0 Å². The Morgan fingerprint density at radius 3 is 2.33 bits per heavy atom. The van der Waals surface area contributed by atoms with Crippen LogP contribution in [-0.2, 0) is 0 Å². The van der Waals surface area contributed by atoms with Crippen molar-refractivity contribution in [3.05, 3.63) is 0 Å². The minimum Gasteiger partial charge on any atom is -0.393 e. The first-order valence-electron chi connectivity index (χ1n) is 3.61. The van der Waals surface area contributed by atoms with Crippen LogP contribution in [0.1, 0.15) is 19.3 Å². The second kappa shape index (κ2) is 1.86. The molecule has 2 bridgehead atoms. The summed E-state index contributed by atoms with van der Waals surface area (Å²) in [6.45, 7) is 0. The number of aliphatic hydroxyl groups excluding tert-OH is 1. The van der Waals surface area contributed by atoms with Gasteiger partial charge in [0.2, 0.25) is 0 Å². The molecule has 2 rings (SSSR count). The Hall–Kier alpha value is 0.250. The molecule has 2 fully saturated rings. The van der Waals surface area contributed by atoms with E-state index in [9.17, 15) is 5.11 Å². The number of hydrogen-bond acceptors (Lipinski definition) is 1. The molecular weight excluding hydrogens is 136 g/mol. The molecule has 0 spiro atoms. The molecule has 2 heteroatoms. The predicted molar refractivity (Wildman–Crippen MR) is 36.5 cm³/mol. The lowest BCUT2D eigenvalue weighted by Gasteiger charge is -2.14. The molecule has 1 nitrogen and oxygen atoms in total. The molecule has 0 saturated heterocycles. The van der Waals surface area contributed by atoms with Crippen molar-refractivity contribution in [2.45, 2.75) is 30.7 Å². The third-order valence-electron chi connectivity index (χ3n) is 2.77. The lowest BCUT2D eigenvalue weighted by molar-refractivity contribution is 0.114. The highest BCUT2D eigenvalue weighted by Gasteiger charge is 2.46. The van der Waals surface area contributed by atoms with Gasteiger partial charge < -0.3 is 5.11 Å². The van der Waals surface area contributed by atoms with Crippen molar-refractivity contribution < 1.29 is 5.11 Å². The molecule has 9 heavy (non-hydrogen) atoms. The van der Waals surface area contributed by atoms with Gasteiger partial charge in [-0.2, -0.15) is 0 Å². The Balaban J connectivity index is 2.16. The molecule has 0 amide bonds. The quantitative estimate of drug-likeness (QED) is 0.512. The molecule has 0 aromatic heterocycles. The largest absolute Gasteiger partial charge is 0.393 e. The van der Waals surface area contributed by atoms with Crippen LogP contribution >= 0.6 is 11.6 Å². The maximum absolute atomic E-state index is 9.31. The first-order valence-corrected chi connectivity index (χ1v) is 4.05. The van der Waals surface area contributed by atoms with Gasteiger partial charge in [0.05, 0.1) is 6.10 Å². The van der Waals surface area contributed by atoms with Crippen LogP contribution in [-0.4, -0.2) is 16.6 Å². The lowest BCUT2D eigenvalue weighted by atomic mass is 9.98.